The van der Waals surface area contributed by atoms with Crippen molar-refractivity contribution in [2.45, 2.75) is 43.9 Å². The first-order valence-corrected chi connectivity index (χ1v) is 9.85. The van der Waals surface area contributed by atoms with E-state index in [9.17, 15) is 18.0 Å². The maximum absolute atomic E-state index is 12.3. The van der Waals surface area contributed by atoms with Crippen molar-refractivity contribution in [3.63, 3.8) is 0 Å². The van der Waals surface area contributed by atoms with Crippen LogP contribution in [0.25, 0.3) is 0 Å². The summed E-state index contributed by atoms with van der Waals surface area (Å²) in [7, 11) is -4.14. The molecule has 1 aromatic heterocycles. The molecule has 1 aliphatic heterocycles. The molecule has 1 saturated carbocycles. The zero-order valence-electron chi connectivity index (χ0n) is 14.0. The molecule has 1 aliphatic carbocycles. The fraction of sp³-hybridized carbons (Fsp3) is 0.667. The van der Waals surface area contributed by atoms with E-state index < -0.39 is 21.8 Å². The number of carbonyl (C=O) groups excluding carboxylic acids is 2. The van der Waals surface area contributed by atoms with Crippen molar-refractivity contribution in [1.29, 1.82) is 0 Å². The summed E-state index contributed by atoms with van der Waals surface area (Å²) in [5.74, 6) is -1.34. The summed E-state index contributed by atoms with van der Waals surface area (Å²) in [5, 5.41) is 3.38. The quantitative estimate of drug-likeness (QED) is 0.783. The second-order valence-corrected chi connectivity index (χ2v) is 8.32. The summed E-state index contributed by atoms with van der Waals surface area (Å²) in [6.45, 7) is 1.89. The minimum Gasteiger partial charge on any atom is -0.380 e. The Hall–Kier alpha value is -2.10. The van der Waals surface area contributed by atoms with Gasteiger partial charge in [-0.2, -0.15) is 0 Å². The lowest BCUT2D eigenvalue weighted by Crippen LogP contribution is -2.57. The van der Waals surface area contributed by atoms with Gasteiger partial charge in [-0.25, -0.2) is 13.1 Å². The number of likely N-dealkylation sites (tertiary alicyclic amines) is 1. The van der Waals surface area contributed by atoms with Crippen molar-refractivity contribution in [3.8, 4) is 0 Å². The minimum atomic E-state index is -4.14. The smallest absolute Gasteiger partial charge is 0.271 e. The highest BCUT2D eigenvalue weighted by atomic mass is 32.2. The standard InChI is InChI=1S/C15H22N4O5S/c1-9-12(13(16)17-24-9)25(22,23)18-14(20)11-7-19(8-11)15(21)10-5-3-2-4-6-10/h10-11H,2-8H2,1H3,(H2,16,17)(H,18,20). The molecule has 0 radical (unpaired) electrons. The predicted octanol–water partition coefficient (Wildman–Crippen LogP) is 0.409. The molecule has 0 bridgehead atoms. The second-order valence-electron chi connectivity index (χ2n) is 6.70. The van der Waals surface area contributed by atoms with Gasteiger partial charge in [-0.3, -0.25) is 9.59 Å². The van der Waals surface area contributed by atoms with Crippen LogP contribution in [0.2, 0.25) is 0 Å². The maximum atomic E-state index is 12.3. The van der Waals surface area contributed by atoms with Gasteiger partial charge in [0.05, 0.1) is 5.92 Å². The number of rotatable bonds is 4. The molecule has 3 N–H and O–H groups in total. The van der Waals surface area contributed by atoms with Crippen molar-refractivity contribution in [3.05, 3.63) is 5.76 Å². The Balaban J connectivity index is 1.56. The van der Waals surface area contributed by atoms with Gasteiger partial charge in [0.2, 0.25) is 11.8 Å². The molecular weight excluding hydrogens is 348 g/mol. The number of aromatic nitrogens is 1. The van der Waals surface area contributed by atoms with E-state index >= 15 is 0 Å². The predicted molar refractivity (Wildman–Crippen MR) is 87.6 cm³/mol. The van der Waals surface area contributed by atoms with E-state index in [1.165, 1.54) is 6.92 Å². The molecule has 2 aliphatic rings. The van der Waals surface area contributed by atoms with Gasteiger partial charge in [0.25, 0.3) is 10.0 Å². The molecule has 9 nitrogen and oxygen atoms in total. The Labute approximate surface area is 145 Å². The third kappa shape index (κ3) is 3.48. The fourth-order valence-corrected chi connectivity index (χ4v) is 4.67. The Morgan fingerprint density at radius 2 is 1.84 bits per heavy atom. The van der Waals surface area contributed by atoms with Crippen molar-refractivity contribution < 1.29 is 22.5 Å². The average molecular weight is 370 g/mol. The lowest BCUT2D eigenvalue weighted by atomic mass is 9.86. The van der Waals surface area contributed by atoms with Crippen LogP contribution >= 0.6 is 0 Å². The van der Waals surface area contributed by atoms with E-state index in [-0.39, 0.29) is 41.4 Å². The van der Waals surface area contributed by atoms with E-state index in [2.05, 4.69) is 5.16 Å². The number of carbonyl (C=O) groups is 2. The van der Waals surface area contributed by atoms with Crippen LogP contribution in [-0.4, -0.2) is 43.4 Å². The van der Waals surface area contributed by atoms with Crippen LogP contribution in [0.1, 0.15) is 37.9 Å². The van der Waals surface area contributed by atoms with Gasteiger partial charge in [0.15, 0.2) is 16.5 Å². The van der Waals surface area contributed by atoms with Gasteiger partial charge in [0.1, 0.15) is 0 Å². The molecule has 0 atom stereocenters. The molecule has 1 saturated heterocycles. The van der Waals surface area contributed by atoms with Gasteiger partial charge in [-0.05, 0) is 19.8 Å². The minimum absolute atomic E-state index is 0.0144. The van der Waals surface area contributed by atoms with E-state index in [4.69, 9.17) is 10.3 Å². The third-order valence-corrected chi connectivity index (χ3v) is 6.36. The summed E-state index contributed by atoms with van der Waals surface area (Å²) < 4.78 is 31.2. The van der Waals surface area contributed by atoms with E-state index in [1.807, 2.05) is 4.72 Å². The van der Waals surface area contributed by atoms with Crippen LogP contribution in [0, 0.1) is 18.8 Å². The number of aryl methyl sites for hydroxylation is 1. The zero-order chi connectivity index (χ0) is 18.2. The molecule has 10 heteroatoms. The number of nitrogens with one attached hydrogen (secondary N) is 1. The first-order chi connectivity index (χ1) is 11.8. The average Bonchev–Trinajstić information content (AvgIpc) is 2.85. The Morgan fingerprint density at radius 1 is 1.20 bits per heavy atom. The molecule has 3 rings (SSSR count). The van der Waals surface area contributed by atoms with E-state index in [1.54, 1.807) is 4.90 Å². The molecule has 2 heterocycles. The van der Waals surface area contributed by atoms with Crippen LogP contribution in [0.3, 0.4) is 0 Å². The highest BCUT2D eigenvalue weighted by Crippen LogP contribution is 2.29. The number of hydrogen-bond donors (Lipinski definition) is 2. The molecule has 2 fully saturated rings. The van der Waals surface area contributed by atoms with Crippen molar-refractivity contribution in [2.24, 2.45) is 11.8 Å². The van der Waals surface area contributed by atoms with Crippen molar-refractivity contribution in [1.82, 2.24) is 14.8 Å². The van der Waals surface area contributed by atoms with Gasteiger partial charge in [0, 0.05) is 19.0 Å². The molecule has 1 aromatic rings. The summed E-state index contributed by atoms with van der Waals surface area (Å²) in [6, 6.07) is 0. The largest absolute Gasteiger partial charge is 0.380 e. The second kappa shape index (κ2) is 6.66. The fourth-order valence-electron chi connectivity index (χ4n) is 3.41. The third-order valence-electron chi connectivity index (χ3n) is 4.86. The highest BCUT2D eigenvalue weighted by molar-refractivity contribution is 7.90. The van der Waals surface area contributed by atoms with Crippen LogP contribution in [0.4, 0.5) is 5.82 Å². The van der Waals surface area contributed by atoms with Crippen LogP contribution in [0.5, 0.6) is 0 Å². The van der Waals surface area contributed by atoms with Gasteiger partial charge in [-0.1, -0.05) is 24.4 Å². The summed E-state index contributed by atoms with van der Waals surface area (Å²) in [6.07, 6.45) is 5.08. The van der Waals surface area contributed by atoms with Gasteiger partial charge >= 0.3 is 0 Å². The topological polar surface area (TPSA) is 136 Å². The lowest BCUT2D eigenvalue weighted by molar-refractivity contribution is -0.146. The highest BCUT2D eigenvalue weighted by Gasteiger charge is 2.40. The number of nitrogen functional groups attached to an aromatic ring is 1. The Bertz CT molecular complexity index is 756. The van der Waals surface area contributed by atoms with Crippen molar-refractivity contribution in [2.75, 3.05) is 18.8 Å². The first kappa shape index (κ1) is 17.7. The number of anilines is 1. The number of nitrogens with two attached hydrogens (primary N) is 1. The number of amides is 2. The van der Waals surface area contributed by atoms with Crippen LogP contribution < -0.4 is 10.5 Å². The lowest BCUT2D eigenvalue weighted by Gasteiger charge is -2.40. The molecular formula is C15H22N4O5S. The van der Waals surface area contributed by atoms with Gasteiger partial charge in [-0.15, -0.1) is 0 Å². The summed E-state index contributed by atoms with van der Waals surface area (Å²) in [4.78, 5) is 25.8. The first-order valence-electron chi connectivity index (χ1n) is 8.37. The Morgan fingerprint density at radius 3 is 2.40 bits per heavy atom. The van der Waals surface area contributed by atoms with Crippen LogP contribution in [-0.2, 0) is 19.6 Å². The van der Waals surface area contributed by atoms with E-state index in [0.29, 0.717) is 0 Å². The monoisotopic (exact) mass is 370 g/mol. The van der Waals surface area contributed by atoms with Gasteiger partial charge < -0.3 is 15.2 Å². The normalized spacial score (nSPS) is 19.5. The number of sulfonamides is 1. The molecule has 138 valence electrons. The molecule has 25 heavy (non-hydrogen) atoms. The molecule has 2 amide bonds. The SMILES string of the molecule is Cc1onc(N)c1S(=O)(=O)NC(=O)C1CN(C(=O)C2CCCCC2)C1. The van der Waals surface area contributed by atoms with Crippen molar-refractivity contribution >= 4 is 27.7 Å². The maximum Gasteiger partial charge on any atom is 0.271 e. The van der Waals surface area contributed by atoms with Crippen LogP contribution in [0.15, 0.2) is 9.42 Å². The number of hydrogen-bond acceptors (Lipinski definition) is 7. The zero-order valence-corrected chi connectivity index (χ0v) is 14.8. The molecule has 0 aromatic carbocycles. The Kier molecular flexibility index (Phi) is 4.72. The molecule has 0 spiro atoms. The van der Waals surface area contributed by atoms with E-state index in [0.717, 1.165) is 32.1 Å². The molecule has 0 unspecified atom stereocenters. The number of nitrogens with zero attached hydrogens (tertiary/aromatic N) is 2. The summed E-state index contributed by atoms with van der Waals surface area (Å²) >= 11 is 0. The summed E-state index contributed by atoms with van der Waals surface area (Å²) in [5.41, 5.74) is 5.48.